The zero-order chi connectivity index (χ0) is 21.8. The predicted octanol–water partition coefficient (Wildman–Crippen LogP) is 3.78. The van der Waals surface area contributed by atoms with Crippen LogP contribution in [0.3, 0.4) is 0 Å². The van der Waals surface area contributed by atoms with E-state index in [1.807, 2.05) is 0 Å². The summed E-state index contributed by atoms with van der Waals surface area (Å²) in [5, 5.41) is 28.3. The molecule has 0 aliphatic rings. The van der Waals surface area contributed by atoms with E-state index >= 15 is 0 Å². The van der Waals surface area contributed by atoms with Gasteiger partial charge in [0.05, 0.1) is 20.6 Å². The van der Waals surface area contributed by atoms with Crippen molar-refractivity contribution in [2.45, 2.75) is 6.73 Å². The summed E-state index contributed by atoms with van der Waals surface area (Å²) in [6, 6.07) is 7.64. The quantitative estimate of drug-likeness (QED) is 0.439. The van der Waals surface area contributed by atoms with Crippen LogP contribution in [0.5, 0.6) is 5.75 Å². The smallest absolute Gasteiger partial charge is 0.311 e. The third kappa shape index (κ3) is 4.67. The molecule has 13 heteroatoms. The highest BCUT2D eigenvalue weighted by Gasteiger charge is 2.18. The molecular formula is C17H11ClFN5O6. The van der Waals surface area contributed by atoms with Gasteiger partial charge in [0.2, 0.25) is 5.75 Å². The lowest BCUT2D eigenvalue weighted by Gasteiger charge is -2.07. The van der Waals surface area contributed by atoms with Crippen LogP contribution in [0.4, 0.5) is 21.5 Å². The summed E-state index contributed by atoms with van der Waals surface area (Å²) in [7, 11) is 0. The van der Waals surface area contributed by atoms with E-state index in [4.69, 9.17) is 16.3 Å². The van der Waals surface area contributed by atoms with Gasteiger partial charge >= 0.3 is 5.69 Å². The summed E-state index contributed by atoms with van der Waals surface area (Å²) in [4.78, 5) is 32.8. The molecule has 2 aromatic carbocycles. The van der Waals surface area contributed by atoms with Gasteiger partial charge < -0.3 is 10.1 Å². The minimum Gasteiger partial charge on any atom is -0.464 e. The summed E-state index contributed by atoms with van der Waals surface area (Å²) < 4.78 is 19.7. The van der Waals surface area contributed by atoms with Crippen LogP contribution in [-0.4, -0.2) is 25.5 Å². The fourth-order valence-electron chi connectivity index (χ4n) is 2.35. The van der Waals surface area contributed by atoms with Gasteiger partial charge in [-0.1, -0.05) is 11.6 Å². The number of non-ortho nitro benzene ring substituents is 1. The number of hydrogen-bond donors (Lipinski definition) is 1. The van der Waals surface area contributed by atoms with Gasteiger partial charge in [0.1, 0.15) is 5.82 Å². The number of nitrogens with zero attached hydrogens (tertiary/aromatic N) is 4. The summed E-state index contributed by atoms with van der Waals surface area (Å²) in [6.07, 6.45) is 1.36. The van der Waals surface area contributed by atoms with E-state index in [0.29, 0.717) is 0 Å². The Balaban J connectivity index is 1.71. The van der Waals surface area contributed by atoms with Crippen molar-refractivity contribution < 1.29 is 23.8 Å². The average Bonchev–Trinajstić information content (AvgIpc) is 3.17. The van der Waals surface area contributed by atoms with Crippen LogP contribution in [0.15, 0.2) is 48.7 Å². The molecular weight excluding hydrogens is 425 g/mol. The molecule has 0 aliphatic carbocycles. The second kappa shape index (κ2) is 8.53. The van der Waals surface area contributed by atoms with Crippen molar-refractivity contribution in [3.05, 3.63) is 85.4 Å². The van der Waals surface area contributed by atoms with E-state index in [2.05, 4.69) is 10.4 Å². The standard InChI is InChI=1S/C17H11ClFN5O6/c18-12-3-2-11(23(26)27)8-14(12)20-17(25)13-5-6-22(21-13)9-30-16-7-10(19)1-4-15(16)24(28)29/h1-8H,9H2,(H,20,25). The van der Waals surface area contributed by atoms with Crippen LogP contribution >= 0.6 is 11.6 Å². The number of ether oxygens (including phenoxy) is 1. The van der Waals surface area contributed by atoms with Crippen LogP contribution in [-0.2, 0) is 6.73 Å². The molecule has 0 spiro atoms. The zero-order valence-electron chi connectivity index (χ0n) is 14.8. The molecule has 30 heavy (non-hydrogen) atoms. The van der Waals surface area contributed by atoms with Crippen molar-refractivity contribution in [3.8, 4) is 5.75 Å². The number of nitro groups is 2. The van der Waals surface area contributed by atoms with E-state index in [1.54, 1.807) is 0 Å². The predicted molar refractivity (Wildman–Crippen MR) is 102 cm³/mol. The Kier molecular flexibility index (Phi) is 5.88. The number of amides is 1. The van der Waals surface area contributed by atoms with Crippen LogP contribution < -0.4 is 10.1 Å². The first kappa shape index (κ1) is 20.7. The second-order valence-electron chi connectivity index (χ2n) is 5.76. The number of benzene rings is 2. The van der Waals surface area contributed by atoms with Gasteiger partial charge in [0.15, 0.2) is 12.4 Å². The maximum absolute atomic E-state index is 13.3. The molecule has 3 rings (SSSR count). The van der Waals surface area contributed by atoms with Crippen LogP contribution in [0.1, 0.15) is 10.5 Å². The van der Waals surface area contributed by atoms with Crippen molar-refractivity contribution in [1.29, 1.82) is 0 Å². The molecule has 0 saturated heterocycles. The third-order valence-electron chi connectivity index (χ3n) is 3.75. The molecule has 1 heterocycles. The number of carbonyl (C=O) groups is 1. The third-order valence-corrected chi connectivity index (χ3v) is 4.08. The molecule has 154 valence electrons. The molecule has 0 radical (unpaired) electrons. The number of anilines is 1. The molecule has 3 aromatic rings. The van der Waals surface area contributed by atoms with Gasteiger partial charge in [-0.3, -0.25) is 25.0 Å². The number of rotatable bonds is 7. The Hall–Kier alpha value is -4.06. The van der Waals surface area contributed by atoms with Gasteiger partial charge in [-0.05, 0) is 18.2 Å². The molecule has 1 amide bonds. The Morgan fingerprint density at radius 2 is 1.93 bits per heavy atom. The zero-order valence-corrected chi connectivity index (χ0v) is 15.6. The fourth-order valence-corrected chi connectivity index (χ4v) is 2.52. The van der Waals surface area contributed by atoms with E-state index < -0.39 is 27.3 Å². The van der Waals surface area contributed by atoms with Crippen molar-refractivity contribution in [3.63, 3.8) is 0 Å². The number of carbonyl (C=O) groups excluding carboxylic acids is 1. The maximum Gasteiger partial charge on any atom is 0.311 e. The molecule has 0 bridgehead atoms. The lowest BCUT2D eigenvalue weighted by atomic mass is 10.2. The molecule has 1 aromatic heterocycles. The summed E-state index contributed by atoms with van der Waals surface area (Å²) in [5.74, 6) is -1.72. The van der Waals surface area contributed by atoms with Crippen molar-refractivity contribution >= 4 is 34.6 Å². The number of nitro benzene ring substituents is 2. The van der Waals surface area contributed by atoms with Gasteiger partial charge in [0, 0.05) is 30.5 Å². The van der Waals surface area contributed by atoms with Gasteiger partial charge in [-0.15, -0.1) is 0 Å². The summed E-state index contributed by atoms with van der Waals surface area (Å²) >= 11 is 5.94. The summed E-state index contributed by atoms with van der Waals surface area (Å²) in [6.45, 7) is -0.338. The molecule has 11 nitrogen and oxygen atoms in total. The van der Waals surface area contributed by atoms with Crippen molar-refractivity contribution in [2.75, 3.05) is 5.32 Å². The van der Waals surface area contributed by atoms with Gasteiger partial charge in [-0.25, -0.2) is 9.07 Å². The minimum atomic E-state index is -0.723. The molecule has 0 atom stereocenters. The van der Waals surface area contributed by atoms with E-state index in [0.717, 1.165) is 28.9 Å². The SMILES string of the molecule is O=C(Nc1cc([N+](=O)[O-])ccc1Cl)c1ccn(COc2cc(F)ccc2[N+](=O)[O-])n1. The first-order valence-corrected chi connectivity index (χ1v) is 8.48. The van der Waals surface area contributed by atoms with E-state index in [1.165, 1.54) is 24.4 Å². The minimum absolute atomic E-state index is 0.0250. The lowest BCUT2D eigenvalue weighted by molar-refractivity contribution is -0.386. The highest BCUT2D eigenvalue weighted by molar-refractivity contribution is 6.34. The van der Waals surface area contributed by atoms with Crippen molar-refractivity contribution in [1.82, 2.24) is 9.78 Å². The molecule has 1 N–H and O–H groups in total. The fraction of sp³-hybridized carbons (Fsp3) is 0.0588. The number of hydrogen-bond acceptors (Lipinski definition) is 7. The first-order valence-electron chi connectivity index (χ1n) is 8.10. The monoisotopic (exact) mass is 435 g/mol. The molecule has 0 aliphatic heterocycles. The molecule has 0 unspecified atom stereocenters. The molecule has 0 saturated carbocycles. The Labute approximate surface area is 171 Å². The number of nitrogens with one attached hydrogen (secondary N) is 1. The average molecular weight is 436 g/mol. The van der Waals surface area contributed by atoms with Crippen molar-refractivity contribution in [2.24, 2.45) is 0 Å². The highest BCUT2D eigenvalue weighted by Crippen LogP contribution is 2.28. The Morgan fingerprint density at radius 1 is 1.17 bits per heavy atom. The topological polar surface area (TPSA) is 142 Å². The molecule has 0 fully saturated rings. The number of aromatic nitrogens is 2. The van der Waals surface area contributed by atoms with Gasteiger partial charge in [-0.2, -0.15) is 5.10 Å². The Morgan fingerprint density at radius 3 is 2.63 bits per heavy atom. The van der Waals surface area contributed by atoms with Crippen LogP contribution in [0.2, 0.25) is 5.02 Å². The normalized spacial score (nSPS) is 10.5. The van der Waals surface area contributed by atoms with Crippen LogP contribution in [0, 0.1) is 26.0 Å². The largest absolute Gasteiger partial charge is 0.464 e. The maximum atomic E-state index is 13.3. The van der Waals surface area contributed by atoms with Crippen LogP contribution in [0.25, 0.3) is 0 Å². The first-order chi connectivity index (χ1) is 14.2. The van der Waals surface area contributed by atoms with E-state index in [9.17, 15) is 29.4 Å². The van der Waals surface area contributed by atoms with Gasteiger partial charge in [0.25, 0.3) is 11.6 Å². The lowest BCUT2D eigenvalue weighted by Crippen LogP contribution is -2.14. The summed E-state index contributed by atoms with van der Waals surface area (Å²) in [5.41, 5.74) is -0.737. The van der Waals surface area contributed by atoms with E-state index in [-0.39, 0.29) is 34.6 Å². The number of halogens is 2. The Bertz CT molecular complexity index is 1150. The second-order valence-corrected chi connectivity index (χ2v) is 6.17. The highest BCUT2D eigenvalue weighted by atomic mass is 35.5.